The van der Waals surface area contributed by atoms with Crippen LogP contribution in [-0.2, 0) is 10.2 Å². The highest BCUT2D eigenvalue weighted by molar-refractivity contribution is 5.87. The molecule has 0 heterocycles. The van der Waals surface area contributed by atoms with Gasteiger partial charge in [-0.1, -0.05) is 12.1 Å². The summed E-state index contributed by atoms with van der Waals surface area (Å²) in [7, 11) is 3.26. The zero-order valence-electron chi connectivity index (χ0n) is 9.63. The lowest BCUT2D eigenvalue weighted by Crippen LogP contribution is -2.37. The molecule has 3 nitrogen and oxygen atoms in total. The summed E-state index contributed by atoms with van der Waals surface area (Å²) in [4.78, 5) is 11.7. The Hall–Kier alpha value is -1.51. The number of amides is 1. The van der Waals surface area contributed by atoms with E-state index >= 15 is 0 Å². The van der Waals surface area contributed by atoms with Gasteiger partial charge in [-0.25, -0.2) is 0 Å². The van der Waals surface area contributed by atoms with Crippen molar-refractivity contribution in [1.82, 2.24) is 5.32 Å². The topological polar surface area (TPSA) is 38.3 Å². The Morgan fingerprint density at radius 1 is 1.40 bits per heavy atom. The molecule has 0 aromatic heterocycles. The fraction of sp³-hybridized carbons (Fsp3) is 0.417. The third kappa shape index (κ3) is 2.29. The molecule has 0 unspecified atom stereocenters. The van der Waals surface area contributed by atoms with Gasteiger partial charge in [-0.2, -0.15) is 0 Å². The number of rotatable bonds is 3. The van der Waals surface area contributed by atoms with E-state index in [4.69, 9.17) is 4.74 Å². The van der Waals surface area contributed by atoms with Crippen LogP contribution in [0.2, 0.25) is 0 Å². The lowest BCUT2D eigenvalue weighted by Gasteiger charge is -2.23. The normalized spacial score (nSPS) is 10.9. The molecule has 0 atom stereocenters. The molecule has 1 aromatic rings. The van der Waals surface area contributed by atoms with Gasteiger partial charge in [0.1, 0.15) is 5.75 Å². The minimum atomic E-state index is -0.538. The van der Waals surface area contributed by atoms with E-state index in [0.717, 1.165) is 11.3 Å². The summed E-state index contributed by atoms with van der Waals surface area (Å²) in [5.41, 5.74) is 0.407. The molecule has 15 heavy (non-hydrogen) atoms. The number of benzene rings is 1. The van der Waals surface area contributed by atoms with Crippen LogP contribution in [0.1, 0.15) is 19.4 Å². The van der Waals surface area contributed by atoms with E-state index in [1.54, 1.807) is 14.2 Å². The standard InChI is InChI=1S/C12H17NO2/c1-12(2,11(14)13-3)9-6-5-7-10(8-9)15-4/h5-8H,1-4H3,(H,13,14). The van der Waals surface area contributed by atoms with Crippen molar-refractivity contribution >= 4 is 5.91 Å². The second-order valence-corrected chi connectivity index (χ2v) is 3.94. The maximum absolute atomic E-state index is 11.7. The highest BCUT2D eigenvalue weighted by Gasteiger charge is 2.28. The van der Waals surface area contributed by atoms with Gasteiger partial charge in [0.25, 0.3) is 0 Å². The van der Waals surface area contributed by atoms with Gasteiger partial charge in [0.05, 0.1) is 12.5 Å². The highest BCUT2D eigenvalue weighted by Crippen LogP contribution is 2.26. The van der Waals surface area contributed by atoms with Gasteiger partial charge in [-0.3, -0.25) is 4.79 Å². The first kappa shape index (κ1) is 11.6. The zero-order chi connectivity index (χ0) is 11.5. The molecule has 0 saturated carbocycles. The predicted octanol–water partition coefficient (Wildman–Crippen LogP) is 1.72. The molecule has 1 amide bonds. The Labute approximate surface area is 90.4 Å². The lowest BCUT2D eigenvalue weighted by molar-refractivity contribution is -0.125. The Kier molecular flexibility index (Phi) is 3.35. The predicted molar refractivity (Wildman–Crippen MR) is 60.1 cm³/mol. The largest absolute Gasteiger partial charge is 0.497 e. The summed E-state index contributed by atoms with van der Waals surface area (Å²) >= 11 is 0. The maximum atomic E-state index is 11.7. The van der Waals surface area contributed by atoms with Crippen LogP contribution in [0.25, 0.3) is 0 Å². The third-order valence-electron chi connectivity index (χ3n) is 2.59. The van der Waals surface area contributed by atoms with Gasteiger partial charge in [-0.15, -0.1) is 0 Å². The average Bonchev–Trinajstić information content (AvgIpc) is 2.27. The van der Waals surface area contributed by atoms with Gasteiger partial charge >= 0.3 is 0 Å². The molecule has 82 valence electrons. The van der Waals surface area contributed by atoms with Crippen molar-refractivity contribution in [2.45, 2.75) is 19.3 Å². The number of carbonyl (C=O) groups is 1. The zero-order valence-corrected chi connectivity index (χ0v) is 9.63. The molecule has 0 aliphatic carbocycles. The minimum Gasteiger partial charge on any atom is -0.497 e. The van der Waals surface area contributed by atoms with E-state index < -0.39 is 5.41 Å². The van der Waals surface area contributed by atoms with Crippen molar-refractivity contribution < 1.29 is 9.53 Å². The van der Waals surface area contributed by atoms with Crippen LogP contribution in [0.5, 0.6) is 5.75 Å². The van der Waals surface area contributed by atoms with Crippen molar-refractivity contribution in [3.05, 3.63) is 29.8 Å². The van der Waals surface area contributed by atoms with Crippen molar-refractivity contribution in [3.8, 4) is 5.75 Å². The maximum Gasteiger partial charge on any atom is 0.229 e. The molecule has 0 spiro atoms. The van der Waals surface area contributed by atoms with Gasteiger partial charge in [0, 0.05) is 7.05 Å². The summed E-state index contributed by atoms with van der Waals surface area (Å²) < 4.78 is 5.13. The monoisotopic (exact) mass is 207 g/mol. The van der Waals surface area contributed by atoms with E-state index in [9.17, 15) is 4.79 Å². The Morgan fingerprint density at radius 2 is 2.07 bits per heavy atom. The number of nitrogens with one attached hydrogen (secondary N) is 1. The Bertz CT molecular complexity index is 358. The van der Waals surface area contributed by atoms with Crippen LogP contribution < -0.4 is 10.1 Å². The van der Waals surface area contributed by atoms with Crippen LogP contribution in [0.15, 0.2) is 24.3 Å². The van der Waals surface area contributed by atoms with Gasteiger partial charge in [0.15, 0.2) is 0 Å². The first-order valence-electron chi connectivity index (χ1n) is 4.89. The minimum absolute atomic E-state index is 0.00393. The lowest BCUT2D eigenvalue weighted by atomic mass is 9.83. The fourth-order valence-electron chi connectivity index (χ4n) is 1.46. The van der Waals surface area contributed by atoms with Crippen molar-refractivity contribution in [2.24, 2.45) is 0 Å². The first-order chi connectivity index (χ1) is 7.02. The molecule has 0 fully saturated rings. The Morgan fingerprint density at radius 3 is 2.60 bits per heavy atom. The molecule has 0 bridgehead atoms. The van der Waals surface area contributed by atoms with Crippen molar-refractivity contribution in [1.29, 1.82) is 0 Å². The first-order valence-corrected chi connectivity index (χ1v) is 4.89. The second kappa shape index (κ2) is 4.34. The van der Waals surface area contributed by atoms with Crippen LogP contribution in [0.3, 0.4) is 0 Å². The molecule has 0 radical (unpaired) electrons. The number of ether oxygens (including phenoxy) is 1. The second-order valence-electron chi connectivity index (χ2n) is 3.94. The summed E-state index contributed by atoms with van der Waals surface area (Å²) in [6.07, 6.45) is 0. The fourth-order valence-corrected chi connectivity index (χ4v) is 1.46. The van der Waals surface area contributed by atoms with Gasteiger partial charge in [0.2, 0.25) is 5.91 Å². The molecule has 3 heteroatoms. The molecule has 1 N–H and O–H groups in total. The summed E-state index contributed by atoms with van der Waals surface area (Å²) in [5.74, 6) is 0.764. The highest BCUT2D eigenvalue weighted by atomic mass is 16.5. The summed E-state index contributed by atoms with van der Waals surface area (Å²) in [6, 6.07) is 7.56. The molecule has 0 aliphatic rings. The number of hydrogen-bond donors (Lipinski definition) is 1. The molecule has 1 rings (SSSR count). The van der Waals surface area contributed by atoms with Crippen molar-refractivity contribution in [3.63, 3.8) is 0 Å². The SMILES string of the molecule is CNC(=O)C(C)(C)c1cccc(OC)c1. The van der Waals surface area contributed by atoms with E-state index in [0.29, 0.717) is 0 Å². The molecule has 0 saturated heterocycles. The Balaban J connectivity index is 3.09. The number of likely N-dealkylation sites (N-methyl/N-ethyl adjacent to an activating group) is 1. The quantitative estimate of drug-likeness (QED) is 0.819. The van der Waals surface area contributed by atoms with E-state index in [2.05, 4.69) is 5.32 Å². The van der Waals surface area contributed by atoms with E-state index in [-0.39, 0.29) is 5.91 Å². The number of hydrogen-bond acceptors (Lipinski definition) is 2. The van der Waals surface area contributed by atoms with E-state index in [1.165, 1.54) is 0 Å². The van der Waals surface area contributed by atoms with Crippen LogP contribution >= 0.6 is 0 Å². The molecule has 0 aliphatic heterocycles. The van der Waals surface area contributed by atoms with Crippen LogP contribution in [-0.4, -0.2) is 20.1 Å². The van der Waals surface area contributed by atoms with Gasteiger partial charge < -0.3 is 10.1 Å². The van der Waals surface area contributed by atoms with E-state index in [1.807, 2.05) is 38.1 Å². The average molecular weight is 207 g/mol. The van der Waals surface area contributed by atoms with Crippen molar-refractivity contribution in [2.75, 3.05) is 14.2 Å². The van der Waals surface area contributed by atoms with Gasteiger partial charge in [-0.05, 0) is 31.5 Å². The van der Waals surface area contributed by atoms with Crippen LogP contribution in [0, 0.1) is 0 Å². The molecular formula is C12H17NO2. The summed E-state index contributed by atoms with van der Waals surface area (Å²) in [5, 5.41) is 2.66. The third-order valence-corrected chi connectivity index (χ3v) is 2.59. The number of methoxy groups -OCH3 is 1. The molecular weight excluding hydrogens is 190 g/mol. The number of carbonyl (C=O) groups excluding carboxylic acids is 1. The smallest absolute Gasteiger partial charge is 0.229 e. The summed E-state index contributed by atoms with van der Waals surface area (Å²) in [6.45, 7) is 3.78. The molecule has 1 aromatic carbocycles. The van der Waals surface area contributed by atoms with Crippen LogP contribution in [0.4, 0.5) is 0 Å².